The minimum Gasteiger partial charge on any atom is -0.444 e. The lowest BCUT2D eigenvalue weighted by Gasteiger charge is -2.33. The molecular weight excluding hydrogens is 540 g/mol. The summed E-state index contributed by atoms with van der Waals surface area (Å²) in [7, 11) is 2.02. The summed E-state index contributed by atoms with van der Waals surface area (Å²) >= 11 is 0. The normalized spacial score (nSPS) is 18.3. The van der Waals surface area contributed by atoms with Crippen molar-refractivity contribution in [3.05, 3.63) is 53.5 Å². The highest BCUT2D eigenvalue weighted by atomic mass is 19.1. The molecular formula is C31H43F2N7O2. The molecule has 11 heteroatoms. The van der Waals surface area contributed by atoms with E-state index in [1.54, 1.807) is 16.0 Å². The van der Waals surface area contributed by atoms with E-state index in [-0.39, 0.29) is 23.7 Å². The van der Waals surface area contributed by atoms with Gasteiger partial charge >= 0.3 is 6.09 Å². The maximum Gasteiger partial charge on any atom is 0.410 e. The largest absolute Gasteiger partial charge is 0.444 e. The van der Waals surface area contributed by atoms with E-state index in [1.807, 2.05) is 34.0 Å². The second-order valence-electron chi connectivity index (χ2n) is 12.6. The minimum absolute atomic E-state index is 0.0175. The fourth-order valence-corrected chi connectivity index (χ4v) is 6.06. The third-order valence-corrected chi connectivity index (χ3v) is 8.04. The molecule has 2 aromatic heterocycles. The van der Waals surface area contributed by atoms with Crippen molar-refractivity contribution in [2.75, 3.05) is 38.1 Å². The van der Waals surface area contributed by atoms with Gasteiger partial charge in [0.25, 0.3) is 0 Å². The Balaban J connectivity index is 1.21. The number of imidazole rings is 2. The van der Waals surface area contributed by atoms with Crippen LogP contribution >= 0.6 is 0 Å². The molecule has 1 amide bonds. The van der Waals surface area contributed by atoms with Crippen molar-refractivity contribution in [1.29, 1.82) is 0 Å². The number of aromatic nitrogens is 4. The van der Waals surface area contributed by atoms with Crippen LogP contribution in [0.15, 0.2) is 24.5 Å². The van der Waals surface area contributed by atoms with Gasteiger partial charge < -0.3 is 19.6 Å². The number of ether oxygens (including phenoxy) is 1. The monoisotopic (exact) mass is 583 g/mol. The first kappa shape index (κ1) is 30.0. The van der Waals surface area contributed by atoms with Crippen LogP contribution in [0.25, 0.3) is 11.3 Å². The number of nitrogens with zero attached hydrogens (tertiary/aromatic N) is 5. The van der Waals surface area contributed by atoms with Gasteiger partial charge in [0, 0.05) is 43.0 Å². The van der Waals surface area contributed by atoms with E-state index in [9.17, 15) is 4.79 Å². The molecule has 2 saturated heterocycles. The number of carbonyl (C=O) groups excluding carboxylic acids is 1. The topological polar surface area (TPSA) is 93.4 Å². The molecule has 0 aliphatic carbocycles. The summed E-state index contributed by atoms with van der Waals surface area (Å²) in [5.41, 5.74) is 1.50. The molecule has 9 nitrogen and oxygen atoms in total. The zero-order chi connectivity index (χ0) is 30.0. The number of nitrogens with one attached hydrogen (secondary N) is 2. The molecule has 0 saturated carbocycles. The maximum absolute atomic E-state index is 15.3. The van der Waals surface area contributed by atoms with Gasteiger partial charge in [0.2, 0.25) is 0 Å². The fourth-order valence-electron chi connectivity index (χ4n) is 6.06. The molecule has 2 N–H and O–H groups in total. The minimum atomic E-state index is -0.574. The van der Waals surface area contributed by atoms with Crippen LogP contribution in [0.5, 0.6) is 0 Å². The summed E-state index contributed by atoms with van der Waals surface area (Å²) in [6.07, 6.45) is 7.38. The predicted octanol–water partition coefficient (Wildman–Crippen LogP) is 6.38. The summed E-state index contributed by atoms with van der Waals surface area (Å²) in [5, 5.41) is 0. The van der Waals surface area contributed by atoms with Gasteiger partial charge in [0.15, 0.2) is 0 Å². The van der Waals surface area contributed by atoms with Gasteiger partial charge in [-0.1, -0.05) is 6.92 Å². The van der Waals surface area contributed by atoms with E-state index in [4.69, 9.17) is 4.74 Å². The van der Waals surface area contributed by atoms with Crippen LogP contribution in [0, 0.1) is 11.6 Å². The van der Waals surface area contributed by atoms with E-state index in [0.717, 1.165) is 56.0 Å². The van der Waals surface area contributed by atoms with Crippen LogP contribution in [-0.4, -0.2) is 74.7 Å². The third-order valence-electron chi connectivity index (χ3n) is 8.04. The second-order valence-corrected chi connectivity index (χ2v) is 12.6. The van der Waals surface area contributed by atoms with Crippen LogP contribution in [0.4, 0.5) is 19.3 Å². The Kier molecular flexibility index (Phi) is 8.86. The van der Waals surface area contributed by atoms with Crippen LogP contribution in [0.2, 0.25) is 0 Å². The van der Waals surface area contributed by atoms with Gasteiger partial charge in [-0.15, -0.1) is 0 Å². The van der Waals surface area contributed by atoms with Crippen molar-refractivity contribution < 1.29 is 18.3 Å². The Morgan fingerprint density at radius 3 is 2.45 bits per heavy atom. The molecule has 2 aliphatic rings. The van der Waals surface area contributed by atoms with Crippen molar-refractivity contribution in [3.63, 3.8) is 0 Å². The quantitative estimate of drug-likeness (QED) is 0.320. The molecule has 0 unspecified atom stereocenters. The highest BCUT2D eigenvalue weighted by Gasteiger charge is 2.35. The molecule has 2 aliphatic heterocycles. The SMILES string of the molecule is CCCN(C)Cc1ncc(-c2cc(F)c(N3CCC(c4cnc([C@@H]5CCCN5C(=O)OC(C)(C)C)[nH]4)CC3)c(F)c2)[nH]1. The lowest BCUT2D eigenvalue weighted by molar-refractivity contribution is 0.0218. The van der Waals surface area contributed by atoms with Gasteiger partial charge in [-0.25, -0.2) is 23.5 Å². The smallest absolute Gasteiger partial charge is 0.410 e. The Morgan fingerprint density at radius 2 is 1.79 bits per heavy atom. The number of anilines is 1. The molecule has 2 fully saturated rings. The highest BCUT2D eigenvalue weighted by Crippen LogP contribution is 2.36. The summed E-state index contributed by atoms with van der Waals surface area (Å²) in [6.45, 7) is 11.0. The number of halogens is 2. The van der Waals surface area contributed by atoms with Gasteiger partial charge in [-0.3, -0.25) is 9.80 Å². The molecule has 0 spiro atoms. The zero-order valence-electron chi connectivity index (χ0n) is 25.3. The maximum atomic E-state index is 15.3. The Hall–Kier alpha value is -3.47. The lowest BCUT2D eigenvalue weighted by Crippen LogP contribution is -2.36. The molecule has 3 aromatic rings. The van der Waals surface area contributed by atoms with Gasteiger partial charge in [-0.05, 0) is 78.6 Å². The van der Waals surface area contributed by atoms with E-state index >= 15 is 8.78 Å². The number of benzene rings is 1. The molecule has 1 aromatic carbocycles. The number of rotatable bonds is 8. The van der Waals surface area contributed by atoms with Crippen molar-refractivity contribution in [2.45, 2.75) is 83.9 Å². The van der Waals surface area contributed by atoms with Gasteiger partial charge in [0.1, 0.15) is 34.6 Å². The summed E-state index contributed by atoms with van der Waals surface area (Å²) in [6, 6.07) is 2.63. The standard InChI is InChI=1S/C31H43F2N7O2/c1-6-11-38(5)19-27-34-17-25(36-27)21-15-22(32)28(23(33)16-21)39-13-9-20(10-14-39)24-18-35-29(37-24)26-8-7-12-40(26)30(41)42-31(2,3)4/h15-18,20,26H,6-14,19H2,1-5H3,(H,34,36)(H,35,37)/t26-/m0/s1. The van der Waals surface area contributed by atoms with Crippen LogP contribution in [0.1, 0.15) is 89.1 Å². The van der Waals surface area contributed by atoms with Crippen LogP contribution in [0.3, 0.4) is 0 Å². The van der Waals surface area contributed by atoms with Crippen LogP contribution in [-0.2, 0) is 11.3 Å². The van der Waals surface area contributed by atoms with E-state index in [2.05, 4.69) is 31.8 Å². The average Bonchev–Trinajstić information content (AvgIpc) is 3.68. The number of H-pyrrole nitrogens is 2. The number of hydrogen-bond donors (Lipinski definition) is 2. The fraction of sp³-hybridized carbons (Fsp3) is 0.581. The number of aromatic amines is 2. The highest BCUT2D eigenvalue weighted by molar-refractivity contribution is 5.69. The lowest BCUT2D eigenvalue weighted by atomic mass is 9.93. The first-order chi connectivity index (χ1) is 20.0. The second kappa shape index (κ2) is 12.4. The van der Waals surface area contributed by atoms with Crippen LogP contribution < -0.4 is 4.90 Å². The number of carbonyl (C=O) groups is 1. The first-order valence-electron chi connectivity index (χ1n) is 15.0. The zero-order valence-corrected chi connectivity index (χ0v) is 25.3. The van der Waals surface area contributed by atoms with Crippen molar-refractivity contribution in [3.8, 4) is 11.3 Å². The van der Waals surface area contributed by atoms with Crippen molar-refractivity contribution in [2.24, 2.45) is 0 Å². The van der Waals surface area contributed by atoms with Crippen molar-refractivity contribution in [1.82, 2.24) is 29.7 Å². The van der Waals surface area contributed by atoms with E-state index in [1.165, 1.54) is 12.1 Å². The molecule has 0 bridgehead atoms. The summed E-state index contributed by atoms with van der Waals surface area (Å²) in [4.78, 5) is 34.1. The number of hydrogen-bond acceptors (Lipinski definition) is 6. The molecule has 42 heavy (non-hydrogen) atoms. The first-order valence-corrected chi connectivity index (χ1v) is 15.0. The Morgan fingerprint density at radius 1 is 1.07 bits per heavy atom. The molecule has 228 valence electrons. The summed E-state index contributed by atoms with van der Waals surface area (Å²) in [5.74, 6) is 0.575. The molecule has 0 radical (unpaired) electrons. The molecule has 4 heterocycles. The Bertz CT molecular complexity index is 1350. The molecule has 5 rings (SSSR count). The molecule has 1 atom stereocenters. The number of likely N-dealkylation sites (tertiary alicyclic amines) is 1. The van der Waals surface area contributed by atoms with E-state index < -0.39 is 17.2 Å². The summed E-state index contributed by atoms with van der Waals surface area (Å²) < 4.78 is 36.2. The third kappa shape index (κ3) is 6.77. The average molecular weight is 584 g/mol. The number of piperidine rings is 1. The van der Waals surface area contributed by atoms with Crippen molar-refractivity contribution >= 4 is 11.8 Å². The van der Waals surface area contributed by atoms with E-state index in [0.29, 0.717) is 37.4 Å². The number of amides is 1. The Labute approximate surface area is 246 Å². The van der Waals surface area contributed by atoms with Gasteiger partial charge in [0.05, 0.1) is 24.5 Å². The predicted molar refractivity (Wildman–Crippen MR) is 158 cm³/mol. The van der Waals surface area contributed by atoms with Gasteiger partial charge in [-0.2, -0.15) is 0 Å².